The van der Waals surface area contributed by atoms with Crippen LogP contribution < -0.4 is 15.4 Å². The van der Waals surface area contributed by atoms with Crippen LogP contribution in [0.25, 0.3) is 0 Å². The molecule has 120 valence electrons. The molecule has 0 spiro atoms. The summed E-state index contributed by atoms with van der Waals surface area (Å²) in [5.74, 6) is -0.00107. The van der Waals surface area contributed by atoms with Crippen molar-refractivity contribution >= 4 is 11.6 Å². The number of fused-ring (bicyclic) bond motifs is 1. The average molecular weight is 318 g/mol. The molecule has 2 aromatic rings. The third kappa shape index (κ3) is 2.97. The van der Waals surface area contributed by atoms with Crippen LogP contribution in [-0.2, 0) is 0 Å². The van der Waals surface area contributed by atoms with E-state index in [0.29, 0.717) is 16.7 Å². The van der Waals surface area contributed by atoms with Crippen LogP contribution in [0.15, 0.2) is 36.4 Å². The zero-order valence-electron chi connectivity index (χ0n) is 12.7. The summed E-state index contributed by atoms with van der Waals surface area (Å²) in [7, 11) is 0. The summed E-state index contributed by atoms with van der Waals surface area (Å²) in [6.07, 6.45) is -0.421. The van der Waals surface area contributed by atoms with Gasteiger partial charge in [0, 0.05) is 5.69 Å². The lowest BCUT2D eigenvalue weighted by molar-refractivity contribution is -0.0507. The number of hydrogen-bond donors (Lipinski definition) is 2. The van der Waals surface area contributed by atoms with Crippen LogP contribution in [0.5, 0.6) is 5.75 Å². The van der Waals surface area contributed by atoms with Crippen LogP contribution in [-0.4, -0.2) is 12.5 Å². The summed E-state index contributed by atoms with van der Waals surface area (Å²) in [5.41, 5.74) is 3.29. The Kier molecular flexibility index (Phi) is 3.90. The molecule has 0 fully saturated rings. The summed E-state index contributed by atoms with van der Waals surface area (Å²) in [5, 5.41) is 6.10. The molecule has 0 aromatic heterocycles. The smallest absolute Gasteiger partial charge is 0.387 e. The maximum Gasteiger partial charge on any atom is 0.387 e. The van der Waals surface area contributed by atoms with Crippen molar-refractivity contribution < 1.29 is 18.3 Å². The van der Waals surface area contributed by atoms with E-state index in [-0.39, 0.29) is 11.7 Å². The number of alkyl halides is 2. The lowest BCUT2D eigenvalue weighted by atomic mass is 10.0. The molecule has 3 rings (SSSR count). The average Bonchev–Trinajstić information content (AvgIpc) is 2.50. The molecule has 1 heterocycles. The number of nitrogens with one attached hydrogen (secondary N) is 2. The molecule has 1 atom stereocenters. The van der Waals surface area contributed by atoms with Gasteiger partial charge in [-0.1, -0.05) is 12.1 Å². The molecule has 4 nitrogen and oxygen atoms in total. The first kappa shape index (κ1) is 15.3. The van der Waals surface area contributed by atoms with Gasteiger partial charge in [0.05, 0.1) is 5.56 Å². The number of hydrogen-bond acceptors (Lipinski definition) is 3. The number of amides is 1. The largest absolute Gasteiger partial charge is 0.434 e. The number of benzene rings is 2. The first-order valence-electron chi connectivity index (χ1n) is 7.18. The van der Waals surface area contributed by atoms with Gasteiger partial charge < -0.3 is 15.4 Å². The number of ether oxygens (including phenoxy) is 1. The van der Waals surface area contributed by atoms with Crippen molar-refractivity contribution in [1.82, 2.24) is 5.32 Å². The molecule has 1 aliphatic rings. The van der Waals surface area contributed by atoms with Gasteiger partial charge >= 0.3 is 6.61 Å². The Morgan fingerprint density at radius 1 is 1.09 bits per heavy atom. The van der Waals surface area contributed by atoms with Gasteiger partial charge in [-0.25, -0.2) is 0 Å². The Balaban J connectivity index is 1.93. The van der Waals surface area contributed by atoms with Crippen LogP contribution in [0.1, 0.15) is 33.2 Å². The number of aryl methyl sites for hydroxylation is 2. The van der Waals surface area contributed by atoms with Crippen molar-refractivity contribution in [2.75, 3.05) is 5.32 Å². The molecule has 1 aliphatic heterocycles. The van der Waals surface area contributed by atoms with E-state index in [4.69, 9.17) is 0 Å². The van der Waals surface area contributed by atoms with Crippen LogP contribution in [0, 0.1) is 13.8 Å². The predicted molar refractivity (Wildman–Crippen MR) is 82.8 cm³/mol. The fourth-order valence-electron chi connectivity index (χ4n) is 2.80. The summed E-state index contributed by atoms with van der Waals surface area (Å²) in [6, 6.07) is 10.7. The van der Waals surface area contributed by atoms with Gasteiger partial charge in [-0.05, 0) is 54.8 Å². The zero-order valence-corrected chi connectivity index (χ0v) is 12.7. The number of anilines is 1. The van der Waals surface area contributed by atoms with E-state index in [1.165, 1.54) is 0 Å². The number of rotatable bonds is 3. The minimum Gasteiger partial charge on any atom is -0.434 e. The van der Waals surface area contributed by atoms with Crippen molar-refractivity contribution in [3.05, 3.63) is 58.7 Å². The standard InChI is InChI=1S/C17H16F2N2O2/c1-9-7-11(8-10(2)14(9)23-17(18)19)15-20-13-6-4-3-5-12(13)16(22)21-15/h3-8,15,17,20H,1-2H3,(H,21,22)/t15-/m1/s1. The molecule has 0 saturated carbocycles. The molecule has 0 unspecified atom stereocenters. The van der Waals surface area contributed by atoms with Gasteiger partial charge in [0.2, 0.25) is 0 Å². The first-order valence-corrected chi connectivity index (χ1v) is 7.18. The van der Waals surface area contributed by atoms with Gasteiger partial charge in [0.15, 0.2) is 0 Å². The molecule has 0 bridgehead atoms. The topological polar surface area (TPSA) is 50.4 Å². The first-order chi connectivity index (χ1) is 11.0. The van der Waals surface area contributed by atoms with Gasteiger partial charge in [0.25, 0.3) is 5.91 Å². The van der Waals surface area contributed by atoms with Crippen LogP contribution in [0.3, 0.4) is 0 Å². The SMILES string of the molecule is Cc1cc([C@H]2NC(=O)c3ccccc3N2)cc(C)c1OC(F)F. The Morgan fingerprint density at radius 3 is 2.39 bits per heavy atom. The lowest BCUT2D eigenvalue weighted by Crippen LogP contribution is -2.38. The van der Waals surface area contributed by atoms with Crippen molar-refractivity contribution in [3.8, 4) is 5.75 Å². The Bertz CT molecular complexity index is 739. The second kappa shape index (κ2) is 5.87. The summed E-state index contributed by atoms with van der Waals surface area (Å²) < 4.78 is 29.5. The summed E-state index contributed by atoms with van der Waals surface area (Å²) in [4.78, 5) is 12.2. The van der Waals surface area contributed by atoms with E-state index < -0.39 is 12.8 Å². The minimum absolute atomic E-state index is 0.172. The predicted octanol–water partition coefficient (Wildman–Crippen LogP) is 3.76. The molecule has 2 N–H and O–H groups in total. The molecule has 0 saturated heterocycles. The lowest BCUT2D eigenvalue weighted by Gasteiger charge is -2.29. The maximum absolute atomic E-state index is 12.5. The van der Waals surface area contributed by atoms with E-state index in [1.54, 1.807) is 38.1 Å². The van der Waals surface area contributed by atoms with Crippen LogP contribution in [0.4, 0.5) is 14.5 Å². The van der Waals surface area contributed by atoms with Gasteiger partial charge in [0.1, 0.15) is 11.9 Å². The van der Waals surface area contributed by atoms with E-state index in [9.17, 15) is 13.6 Å². The highest BCUT2D eigenvalue weighted by Gasteiger charge is 2.25. The Hall–Kier alpha value is -2.63. The van der Waals surface area contributed by atoms with E-state index >= 15 is 0 Å². The minimum atomic E-state index is -2.86. The van der Waals surface area contributed by atoms with E-state index in [1.807, 2.05) is 12.1 Å². The number of para-hydroxylation sites is 1. The number of carbonyl (C=O) groups is 1. The third-order valence-corrected chi connectivity index (χ3v) is 3.77. The van der Waals surface area contributed by atoms with Crippen molar-refractivity contribution in [1.29, 1.82) is 0 Å². The van der Waals surface area contributed by atoms with Crippen molar-refractivity contribution in [2.24, 2.45) is 0 Å². The molecule has 1 amide bonds. The fraction of sp³-hybridized carbons (Fsp3) is 0.235. The summed E-state index contributed by atoms with van der Waals surface area (Å²) >= 11 is 0. The molecule has 23 heavy (non-hydrogen) atoms. The second-order valence-electron chi connectivity index (χ2n) is 5.46. The van der Waals surface area contributed by atoms with Gasteiger partial charge in [-0.3, -0.25) is 4.79 Å². The molecular formula is C17H16F2N2O2. The maximum atomic E-state index is 12.5. The highest BCUT2D eigenvalue weighted by molar-refractivity contribution is 6.01. The molecular weight excluding hydrogens is 302 g/mol. The van der Waals surface area contributed by atoms with E-state index in [0.717, 1.165) is 11.3 Å². The fourth-order valence-corrected chi connectivity index (χ4v) is 2.80. The zero-order chi connectivity index (χ0) is 16.6. The quantitative estimate of drug-likeness (QED) is 0.906. The number of halogens is 2. The summed E-state index contributed by atoms with van der Waals surface area (Å²) in [6.45, 7) is 0.539. The monoisotopic (exact) mass is 318 g/mol. The van der Waals surface area contributed by atoms with Gasteiger partial charge in [-0.15, -0.1) is 0 Å². The second-order valence-corrected chi connectivity index (χ2v) is 5.46. The third-order valence-electron chi connectivity index (χ3n) is 3.77. The van der Waals surface area contributed by atoms with E-state index in [2.05, 4.69) is 15.4 Å². The molecule has 0 aliphatic carbocycles. The van der Waals surface area contributed by atoms with Crippen molar-refractivity contribution in [3.63, 3.8) is 0 Å². The normalized spacial score (nSPS) is 16.6. The molecule has 6 heteroatoms. The van der Waals surface area contributed by atoms with Crippen LogP contribution >= 0.6 is 0 Å². The Labute approximate surface area is 132 Å². The van der Waals surface area contributed by atoms with Crippen molar-refractivity contribution in [2.45, 2.75) is 26.6 Å². The van der Waals surface area contributed by atoms with Crippen LogP contribution in [0.2, 0.25) is 0 Å². The number of carbonyl (C=O) groups excluding carboxylic acids is 1. The highest BCUT2D eigenvalue weighted by atomic mass is 19.3. The molecule has 2 aromatic carbocycles. The highest BCUT2D eigenvalue weighted by Crippen LogP contribution is 2.31. The van der Waals surface area contributed by atoms with Gasteiger partial charge in [-0.2, -0.15) is 8.78 Å². The molecule has 0 radical (unpaired) electrons. The Morgan fingerprint density at radius 2 is 1.74 bits per heavy atom.